The number of rotatable bonds is 2. The van der Waals surface area contributed by atoms with E-state index in [2.05, 4.69) is 5.32 Å². The SMILES string of the molecule is Cc1cc(C(=O)N[C@H]2CCC(=O)N(C)C2)c(C)o1. The summed E-state index contributed by atoms with van der Waals surface area (Å²) in [4.78, 5) is 25.1. The van der Waals surface area contributed by atoms with Gasteiger partial charge in [-0.1, -0.05) is 0 Å². The first-order chi connectivity index (χ1) is 8.47. The molecular weight excluding hydrogens is 232 g/mol. The summed E-state index contributed by atoms with van der Waals surface area (Å²) in [6.45, 7) is 4.16. The van der Waals surface area contributed by atoms with Gasteiger partial charge in [0, 0.05) is 26.1 Å². The molecule has 1 fully saturated rings. The zero-order chi connectivity index (χ0) is 13.3. The van der Waals surface area contributed by atoms with Gasteiger partial charge in [-0.15, -0.1) is 0 Å². The van der Waals surface area contributed by atoms with Crippen molar-refractivity contribution in [1.29, 1.82) is 0 Å². The molecule has 2 rings (SSSR count). The lowest BCUT2D eigenvalue weighted by atomic mass is 10.1. The third kappa shape index (κ3) is 2.55. The van der Waals surface area contributed by atoms with Crippen LogP contribution in [0, 0.1) is 13.8 Å². The van der Waals surface area contributed by atoms with Crippen LogP contribution in [0.1, 0.15) is 34.7 Å². The Morgan fingerprint density at radius 3 is 2.78 bits per heavy atom. The Bertz CT molecular complexity index is 479. The Balaban J connectivity index is 2.00. The normalized spacial score (nSPS) is 20.1. The Kier molecular flexibility index (Phi) is 3.41. The second kappa shape index (κ2) is 4.84. The van der Waals surface area contributed by atoms with Crippen LogP contribution in [-0.2, 0) is 4.79 Å². The number of furan rings is 1. The Hall–Kier alpha value is -1.78. The lowest BCUT2D eigenvalue weighted by Crippen LogP contribution is -2.48. The maximum absolute atomic E-state index is 12.1. The standard InChI is InChI=1S/C13H18N2O3/c1-8-6-11(9(2)18-8)13(17)14-10-4-5-12(16)15(3)7-10/h6,10H,4-5,7H2,1-3H3,(H,14,17)/t10-/m0/s1. The molecule has 1 aromatic heterocycles. The fraction of sp³-hybridized carbons (Fsp3) is 0.538. The van der Waals surface area contributed by atoms with Crippen molar-refractivity contribution in [2.24, 2.45) is 0 Å². The van der Waals surface area contributed by atoms with Gasteiger partial charge in [-0.2, -0.15) is 0 Å². The van der Waals surface area contributed by atoms with E-state index in [4.69, 9.17) is 4.42 Å². The summed E-state index contributed by atoms with van der Waals surface area (Å²) in [6.07, 6.45) is 1.19. The fourth-order valence-electron chi connectivity index (χ4n) is 2.25. The molecule has 0 spiro atoms. The fourth-order valence-corrected chi connectivity index (χ4v) is 2.25. The van der Waals surface area contributed by atoms with E-state index in [-0.39, 0.29) is 17.9 Å². The molecule has 0 radical (unpaired) electrons. The molecule has 1 aromatic rings. The molecule has 5 heteroatoms. The van der Waals surface area contributed by atoms with E-state index in [9.17, 15) is 9.59 Å². The molecule has 1 saturated heterocycles. The highest BCUT2D eigenvalue weighted by Gasteiger charge is 2.25. The van der Waals surface area contributed by atoms with Crippen LogP contribution in [0.3, 0.4) is 0 Å². The van der Waals surface area contributed by atoms with Crippen LogP contribution in [0.25, 0.3) is 0 Å². The van der Waals surface area contributed by atoms with E-state index < -0.39 is 0 Å². The summed E-state index contributed by atoms with van der Waals surface area (Å²) in [6, 6.07) is 1.76. The molecule has 0 unspecified atom stereocenters. The first-order valence-electron chi connectivity index (χ1n) is 6.09. The van der Waals surface area contributed by atoms with Gasteiger partial charge in [0.2, 0.25) is 5.91 Å². The number of likely N-dealkylation sites (N-methyl/N-ethyl adjacent to an activating group) is 1. The second-order valence-corrected chi connectivity index (χ2v) is 4.81. The van der Waals surface area contributed by atoms with Gasteiger partial charge < -0.3 is 14.6 Å². The molecule has 1 aliphatic heterocycles. The molecule has 0 aliphatic carbocycles. The molecule has 0 saturated carbocycles. The molecule has 98 valence electrons. The van der Waals surface area contributed by atoms with Crippen LogP contribution in [-0.4, -0.2) is 36.3 Å². The minimum absolute atomic E-state index is 0.0230. The summed E-state index contributed by atoms with van der Waals surface area (Å²) < 4.78 is 5.34. The largest absolute Gasteiger partial charge is 0.466 e. The van der Waals surface area contributed by atoms with E-state index in [1.165, 1.54) is 0 Å². The molecular formula is C13H18N2O3. The molecule has 0 bridgehead atoms. The van der Waals surface area contributed by atoms with Gasteiger partial charge in [-0.05, 0) is 26.3 Å². The summed E-state index contributed by atoms with van der Waals surface area (Å²) in [5, 5.41) is 2.95. The summed E-state index contributed by atoms with van der Waals surface area (Å²) >= 11 is 0. The van der Waals surface area contributed by atoms with Crippen LogP contribution in [0.5, 0.6) is 0 Å². The van der Waals surface area contributed by atoms with Gasteiger partial charge in [0.15, 0.2) is 0 Å². The van der Waals surface area contributed by atoms with Crippen LogP contribution in [0.4, 0.5) is 0 Å². The molecule has 1 N–H and O–H groups in total. The molecule has 1 aliphatic rings. The topological polar surface area (TPSA) is 62.6 Å². The lowest BCUT2D eigenvalue weighted by molar-refractivity contribution is -0.132. The van der Waals surface area contributed by atoms with Gasteiger partial charge in [0.25, 0.3) is 5.91 Å². The van der Waals surface area contributed by atoms with Gasteiger partial charge in [0.1, 0.15) is 11.5 Å². The first kappa shape index (κ1) is 12.7. The number of piperidine rings is 1. The van der Waals surface area contributed by atoms with Crippen molar-refractivity contribution in [2.45, 2.75) is 32.7 Å². The number of likely N-dealkylation sites (tertiary alicyclic amines) is 1. The molecule has 1 atom stereocenters. The Morgan fingerprint density at radius 1 is 1.50 bits per heavy atom. The van der Waals surface area contributed by atoms with E-state index in [0.717, 1.165) is 5.76 Å². The number of hydrogen-bond donors (Lipinski definition) is 1. The van der Waals surface area contributed by atoms with E-state index in [1.54, 1.807) is 24.9 Å². The van der Waals surface area contributed by atoms with E-state index in [1.807, 2.05) is 6.92 Å². The Labute approximate surface area is 106 Å². The average molecular weight is 250 g/mol. The minimum Gasteiger partial charge on any atom is -0.466 e. The summed E-state index contributed by atoms with van der Waals surface area (Å²) in [5.74, 6) is 1.37. The maximum Gasteiger partial charge on any atom is 0.255 e. The monoisotopic (exact) mass is 250 g/mol. The number of nitrogens with one attached hydrogen (secondary N) is 1. The molecule has 0 aromatic carbocycles. The number of carbonyl (C=O) groups is 2. The third-order valence-corrected chi connectivity index (χ3v) is 3.25. The number of aryl methyl sites for hydroxylation is 2. The van der Waals surface area contributed by atoms with Crippen molar-refractivity contribution < 1.29 is 14.0 Å². The van der Waals surface area contributed by atoms with Gasteiger partial charge >= 0.3 is 0 Å². The number of amides is 2. The van der Waals surface area contributed by atoms with Crippen molar-refractivity contribution >= 4 is 11.8 Å². The predicted octanol–water partition coefficient (Wildman–Crippen LogP) is 1.25. The van der Waals surface area contributed by atoms with Crippen molar-refractivity contribution in [3.63, 3.8) is 0 Å². The van der Waals surface area contributed by atoms with Crippen LogP contribution in [0.2, 0.25) is 0 Å². The van der Waals surface area contributed by atoms with E-state index >= 15 is 0 Å². The zero-order valence-corrected chi connectivity index (χ0v) is 10.9. The van der Waals surface area contributed by atoms with Crippen LogP contribution in [0.15, 0.2) is 10.5 Å². The molecule has 5 nitrogen and oxygen atoms in total. The quantitative estimate of drug-likeness (QED) is 0.859. The number of nitrogens with zero attached hydrogens (tertiary/aromatic N) is 1. The molecule has 2 heterocycles. The predicted molar refractivity (Wildman–Crippen MR) is 66.3 cm³/mol. The highest BCUT2D eigenvalue weighted by Crippen LogP contribution is 2.15. The highest BCUT2D eigenvalue weighted by molar-refractivity contribution is 5.95. The highest BCUT2D eigenvalue weighted by atomic mass is 16.3. The van der Waals surface area contributed by atoms with Gasteiger partial charge in [-0.3, -0.25) is 9.59 Å². The van der Waals surface area contributed by atoms with E-state index in [0.29, 0.717) is 30.7 Å². The zero-order valence-electron chi connectivity index (χ0n) is 10.9. The number of hydrogen-bond acceptors (Lipinski definition) is 3. The molecule has 2 amide bonds. The Morgan fingerprint density at radius 2 is 2.22 bits per heavy atom. The minimum atomic E-state index is -0.128. The van der Waals surface area contributed by atoms with Crippen molar-refractivity contribution in [2.75, 3.05) is 13.6 Å². The van der Waals surface area contributed by atoms with Crippen molar-refractivity contribution in [1.82, 2.24) is 10.2 Å². The third-order valence-electron chi connectivity index (χ3n) is 3.25. The van der Waals surface area contributed by atoms with Gasteiger partial charge in [-0.25, -0.2) is 0 Å². The van der Waals surface area contributed by atoms with Crippen LogP contribution >= 0.6 is 0 Å². The average Bonchev–Trinajstić information content (AvgIpc) is 2.63. The molecule has 18 heavy (non-hydrogen) atoms. The van der Waals surface area contributed by atoms with Crippen molar-refractivity contribution in [3.05, 3.63) is 23.2 Å². The maximum atomic E-state index is 12.1. The van der Waals surface area contributed by atoms with Crippen LogP contribution < -0.4 is 5.32 Å². The lowest BCUT2D eigenvalue weighted by Gasteiger charge is -2.30. The van der Waals surface area contributed by atoms with Crippen molar-refractivity contribution in [3.8, 4) is 0 Å². The smallest absolute Gasteiger partial charge is 0.255 e. The second-order valence-electron chi connectivity index (χ2n) is 4.81. The summed E-state index contributed by atoms with van der Waals surface area (Å²) in [5.41, 5.74) is 0.576. The summed E-state index contributed by atoms with van der Waals surface area (Å²) in [7, 11) is 1.76. The number of carbonyl (C=O) groups excluding carboxylic acids is 2. The van der Waals surface area contributed by atoms with Gasteiger partial charge in [0.05, 0.1) is 5.56 Å². The first-order valence-corrected chi connectivity index (χ1v) is 6.09.